The first-order valence-corrected chi connectivity index (χ1v) is 12.2. The third-order valence-electron chi connectivity index (χ3n) is 5.11. The lowest BCUT2D eigenvalue weighted by atomic mass is 10.2. The van der Waals surface area contributed by atoms with Crippen LogP contribution < -0.4 is 14.2 Å². The average molecular weight is 533 g/mol. The maximum atomic E-state index is 12.8. The molecule has 3 aromatic rings. The number of hydrogen-bond acceptors (Lipinski definition) is 9. The van der Waals surface area contributed by atoms with Gasteiger partial charge in [-0.3, -0.25) is 0 Å². The summed E-state index contributed by atoms with van der Waals surface area (Å²) in [7, 11) is 0. The molecule has 202 valence electrons. The molecular weight excluding hydrogens is 504 g/mol. The van der Waals surface area contributed by atoms with Gasteiger partial charge in [-0.15, -0.1) is 0 Å². The highest BCUT2D eigenvalue weighted by atomic mass is 16.6. The Bertz CT molecular complexity index is 1290. The van der Waals surface area contributed by atoms with Gasteiger partial charge in [-0.1, -0.05) is 25.6 Å². The van der Waals surface area contributed by atoms with Crippen molar-refractivity contribution in [2.75, 3.05) is 19.8 Å². The molecule has 39 heavy (non-hydrogen) atoms. The molecular formula is C30H28O9. The second-order valence-corrected chi connectivity index (χ2v) is 8.03. The summed E-state index contributed by atoms with van der Waals surface area (Å²) in [4.78, 5) is 48.5. The van der Waals surface area contributed by atoms with Crippen LogP contribution in [0, 0.1) is 0 Å². The first-order valence-electron chi connectivity index (χ1n) is 12.2. The highest BCUT2D eigenvalue weighted by Crippen LogP contribution is 2.23. The molecule has 0 saturated carbocycles. The minimum atomic E-state index is -0.734. The van der Waals surface area contributed by atoms with Crippen LogP contribution in [0.1, 0.15) is 50.8 Å². The largest absolute Gasteiger partial charge is 0.493 e. The maximum absolute atomic E-state index is 12.8. The zero-order valence-electron chi connectivity index (χ0n) is 21.4. The molecule has 9 heteroatoms. The molecule has 9 nitrogen and oxygen atoms in total. The van der Waals surface area contributed by atoms with Crippen LogP contribution in [0.4, 0.5) is 0 Å². The van der Waals surface area contributed by atoms with Crippen molar-refractivity contribution < 1.29 is 42.9 Å². The number of carbonyl (C=O) groups is 4. The van der Waals surface area contributed by atoms with Gasteiger partial charge < -0.3 is 23.7 Å². The third kappa shape index (κ3) is 8.85. The molecule has 0 radical (unpaired) electrons. The minimum absolute atomic E-state index is 0.0293. The van der Waals surface area contributed by atoms with Crippen molar-refractivity contribution in [1.29, 1.82) is 0 Å². The van der Waals surface area contributed by atoms with Gasteiger partial charge in [0.15, 0.2) is 0 Å². The van der Waals surface area contributed by atoms with Crippen LogP contribution in [-0.4, -0.2) is 43.7 Å². The lowest BCUT2D eigenvalue weighted by Crippen LogP contribution is -2.14. The molecule has 3 rings (SSSR count). The minimum Gasteiger partial charge on any atom is -0.493 e. The Morgan fingerprint density at radius 1 is 0.692 bits per heavy atom. The van der Waals surface area contributed by atoms with Gasteiger partial charge in [0.2, 0.25) is 0 Å². The summed E-state index contributed by atoms with van der Waals surface area (Å²) >= 11 is 0. The highest BCUT2D eigenvalue weighted by Gasteiger charge is 2.18. The van der Waals surface area contributed by atoms with E-state index in [1.165, 1.54) is 48.5 Å². The molecule has 0 saturated heterocycles. The van der Waals surface area contributed by atoms with Crippen molar-refractivity contribution >= 4 is 23.9 Å². The summed E-state index contributed by atoms with van der Waals surface area (Å²) in [6, 6.07) is 18.4. The van der Waals surface area contributed by atoms with Gasteiger partial charge in [0.05, 0.1) is 30.9 Å². The van der Waals surface area contributed by atoms with Gasteiger partial charge in [-0.25, -0.2) is 19.2 Å². The number of benzene rings is 3. The van der Waals surface area contributed by atoms with Crippen LogP contribution in [0.3, 0.4) is 0 Å². The quantitative estimate of drug-likeness (QED) is 0.127. The fraction of sp³-hybridized carbons (Fsp3) is 0.200. The van der Waals surface area contributed by atoms with Gasteiger partial charge in [0.25, 0.3) is 0 Å². The molecule has 0 unspecified atom stereocenters. The summed E-state index contributed by atoms with van der Waals surface area (Å²) in [6.07, 6.45) is 2.29. The first-order chi connectivity index (χ1) is 18.9. The van der Waals surface area contributed by atoms with E-state index in [1.807, 2.05) is 6.92 Å². The van der Waals surface area contributed by atoms with Crippen LogP contribution >= 0.6 is 0 Å². The van der Waals surface area contributed by atoms with Crippen molar-refractivity contribution in [3.8, 4) is 17.2 Å². The van der Waals surface area contributed by atoms with E-state index in [0.29, 0.717) is 37.4 Å². The normalized spacial score (nSPS) is 10.2. The van der Waals surface area contributed by atoms with Gasteiger partial charge >= 0.3 is 23.9 Å². The second kappa shape index (κ2) is 14.7. The lowest BCUT2D eigenvalue weighted by Gasteiger charge is -2.11. The fourth-order valence-corrected chi connectivity index (χ4v) is 3.15. The van der Waals surface area contributed by atoms with E-state index < -0.39 is 23.9 Å². The van der Waals surface area contributed by atoms with Crippen LogP contribution in [0.5, 0.6) is 17.2 Å². The van der Waals surface area contributed by atoms with Crippen LogP contribution in [0.2, 0.25) is 0 Å². The molecule has 0 aliphatic rings. The number of hydrogen-bond donors (Lipinski definition) is 0. The van der Waals surface area contributed by atoms with Crippen LogP contribution in [0.15, 0.2) is 85.5 Å². The molecule has 0 spiro atoms. The first kappa shape index (κ1) is 28.6. The standard InChI is InChI=1S/C30H28O9/c1-3-18-37-28(32)21-12-16-24(17-13-21)38-30(34)25-8-5-6-9-26(25)39-29(33)22-10-14-23(15-11-22)35-19-7-20-36-27(31)4-2/h4-6,8-17H,2-3,7,18-20H2,1H3. The zero-order chi connectivity index (χ0) is 28.0. The highest BCUT2D eigenvalue weighted by molar-refractivity contribution is 5.97. The molecule has 0 atom stereocenters. The van der Waals surface area contributed by atoms with Crippen molar-refractivity contribution in [1.82, 2.24) is 0 Å². The summed E-state index contributed by atoms with van der Waals surface area (Å²) in [6.45, 7) is 6.06. The SMILES string of the molecule is C=CC(=O)OCCCOc1ccc(C(=O)Oc2ccccc2C(=O)Oc2ccc(C(=O)OCCC)cc2)cc1. The maximum Gasteiger partial charge on any atom is 0.347 e. The van der Waals surface area contributed by atoms with Gasteiger partial charge in [-0.05, 0) is 67.1 Å². The zero-order valence-corrected chi connectivity index (χ0v) is 21.4. The summed E-state index contributed by atoms with van der Waals surface area (Å²) in [5, 5.41) is 0. The van der Waals surface area contributed by atoms with Crippen molar-refractivity contribution in [3.05, 3.63) is 102 Å². The van der Waals surface area contributed by atoms with E-state index in [-0.39, 0.29) is 29.2 Å². The molecule has 0 aliphatic carbocycles. The summed E-state index contributed by atoms with van der Waals surface area (Å²) < 4.78 is 26.4. The topological polar surface area (TPSA) is 114 Å². The van der Waals surface area contributed by atoms with Crippen molar-refractivity contribution in [2.45, 2.75) is 19.8 Å². The molecule has 0 N–H and O–H groups in total. The van der Waals surface area contributed by atoms with Crippen molar-refractivity contribution in [3.63, 3.8) is 0 Å². The number of rotatable bonds is 13. The van der Waals surface area contributed by atoms with E-state index in [4.69, 9.17) is 23.7 Å². The second-order valence-electron chi connectivity index (χ2n) is 8.03. The van der Waals surface area contributed by atoms with E-state index in [0.717, 1.165) is 6.08 Å². The van der Waals surface area contributed by atoms with E-state index >= 15 is 0 Å². The molecule has 3 aromatic carbocycles. The molecule has 0 aromatic heterocycles. The number of ether oxygens (including phenoxy) is 5. The predicted octanol–water partition coefficient (Wildman–Crippen LogP) is 5.19. The van der Waals surface area contributed by atoms with E-state index in [9.17, 15) is 19.2 Å². The Labute approximate surface area is 225 Å². The number of carbonyl (C=O) groups excluding carboxylic acids is 4. The third-order valence-corrected chi connectivity index (χ3v) is 5.11. The van der Waals surface area contributed by atoms with Gasteiger partial charge in [0.1, 0.15) is 22.8 Å². The Morgan fingerprint density at radius 2 is 1.33 bits per heavy atom. The Morgan fingerprint density at radius 3 is 2.00 bits per heavy atom. The van der Waals surface area contributed by atoms with Gasteiger partial charge in [0, 0.05) is 12.5 Å². The lowest BCUT2D eigenvalue weighted by molar-refractivity contribution is -0.137. The smallest absolute Gasteiger partial charge is 0.347 e. The summed E-state index contributed by atoms with van der Waals surface area (Å²) in [5.74, 6) is -1.60. The predicted molar refractivity (Wildman–Crippen MR) is 141 cm³/mol. The Hall–Kier alpha value is -4.92. The number of para-hydroxylation sites is 1. The van der Waals surface area contributed by atoms with Crippen molar-refractivity contribution in [2.24, 2.45) is 0 Å². The van der Waals surface area contributed by atoms with Crippen LogP contribution in [-0.2, 0) is 14.3 Å². The molecule has 0 fully saturated rings. The molecule has 0 bridgehead atoms. The Kier molecular flexibility index (Phi) is 10.8. The summed E-state index contributed by atoms with van der Waals surface area (Å²) in [5.41, 5.74) is 0.633. The van der Waals surface area contributed by atoms with E-state index in [2.05, 4.69) is 6.58 Å². The van der Waals surface area contributed by atoms with E-state index in [1.54, 1.807) is 24.3 Å². The average Bonchev–Trinajstić information content (AvgIpc) is 2.96. The molecule has 0 heterocycles. The fourth-order valence-electron chi connectivity index (χ4n) is 3.15. The molecule has 0 amide bonds. The van der Waals surface area contributed by atoms with Crippen LogP contribution in [0.25, 0.3) is 0 Å². The Balaban J connectivity index is 1.56. The van der Waals surface area contributed by atoms with Gasteiger partial charge in [-0.2, -0.15) is 0 Å². The number of esters is 4. The molecule has 0 aliphatic heterocycles. The monoisotopic (exact) mass is 532 g/mol.